The lowest BCUT2D eigenvalue weighted by molar-refractivity contribution is -0.192. The third-order valence-corrected chi connectivity index (χ3v) is 7.13. The van der Waals surface area contributed by atoms with Crippen LogP contribution in [0.1, 0.15) is 37.5 Å². The third kappa shape index (κ3) is 7.58. The Morgan fingerprint density at radius 2 is 1.90 bits per heavy atom. The van der Waals surface area contributed by atoms with Crippen LogP contribution in [-0.2, 0) is 22.6 Å². The number of ether oxygens (including phenoxy) is 1. The summed E-state index contributed by atoms with van der Waals surface area (Å²) in [7, 11) is 0. The number of aliphatic carboxylic acids is 2. The Bertz CT molecular complexity index is 1410. The summed E-state index contributed by atoms with van der Waals surface area (Å²) < 4.78 is 37.5. The number of hydrogen-bond donors (Lipinski definition) is 2. The molecule has 212 valence electrons. The largest absolute Gasteiger partial charge is 0.490 e. The number of thiazole rings is 1. The molecule has 4 rings (SSSR count). The van der Waals surface area contributed by atoms with E-state index in [-0.39, 0.29) is 12.0 Å². The Morgan fingerprint density at radius 1 is 1.23 bits per heavy atom. The molecule has 2 aromatic carbocycles. The smallest absolute Gasteiger partial charge is 0.490 e. The second kappa shape index (κ2) is 12.9. The summed E-state index contributed by atoms with van der Waals surface area (Å²) in [5.41, 5.74) is 5.06. The summed E-state index contributed by atoms with van der Waals surface area (Å²) in [4.78, 5) is 27.9. The van der Waals surface area contributed by atoms with Gasteiger partial charge in [0.15, 0.2) is 0 Å². The molecule has 3 aromatic rings. The summed E-state index contributed by atoms with van der Waals surface area (Å²) in [5, 5.41) is 26.7. The molecular weight excluding hydrogens is 547 g/mol. The van der Waals surface area contributed by atoms with Crippen molar-refractivity contribution in [1.82, 2.24) is 9.88 Å². The molecule has 1 aliphatic rings. The minimum absolute atomic E-state index is 0.000400. The highest BCUT2D eigenvalue weighted by Gasteiger charge is 2.38. The van der Waals surface area contributed by atoms with E-state index in [4.69, 9.17) is 19.7 Å². The van der Waals surface area contributed by atoms with E-state index in [1.54, 1.807) is 11.3 Å². The minimum Gasteiger partial charge on any atom is -0.490 e. The molecule has 0 atom stereocenters. The van der Waals surface area contributed by atoms with Crippen LogP contribution in [0.5, 0.6) is 5.75 Å². The Labute approximate surface area is 233 Å². The Hall–Kier alpha value is -3.95. The Morgan fingerprint density at radius 3 is 2.45 bits per heavy atom. The molecule has 1 aliphatic heterocycles. The number of nitriles is 1. The summed E-state index contributed by atoms with van der Waals surface area (Å²) in [6.45, 7) is 7.99. The summed E-state index contributed by atoms with van der Waals surface area (Å²) >= 11 is 1.61. The number of nitrogens with zero attached hydrogens (tertiary/aromatic N) is 3. The first-order valence-electron chi connectivity index (χ1n) is 12.4. The van der Waals surface area contributed by atoms with Gasteiger partial charge in [-0.05, 0) is 55.2 Å². The fraction of sp³-hybridized carbons (Fsp3) is 0.357. The van der Waals surface area contributed by atoms with Gasteiger partial charge in [0.25, 0.3) is 0 Å². The quantitative estimate of drug-likeness (QED) is 0.343. The van der Waals surface area contributed by atoms with E-state index in [9.17, 15) is 23.2 Å². The highest BCUT2D eigenvalue weighted by Crippen LogP contribution is 2.37. The van der Waals surface area contributed by atoms with Gasteiger partial charge >= 0.3 is 18.1 Å². The van der Waals surface area contributed by atoms with Crippen LogP contribution in [0.15, 0.2) is 42.6 Å². The maximum atomic E-state index is 11.1. The number of carbonyl (C=O) groups is 2. The van der Waals surface area contributed by atoms with Gasteiger partial charge in [-0.25, -0.2) is 9.78 Å². The lowest BCUT2D eigenvalue weighted by atomic mass is 9.94. The zero-order valence-corrected chi connectivity index (χ0v) is 22.8. The van der Waals surface area contributed by atoms with Gasteiger partial charge in [0.1, 0.15) is 16.8 Å². The van der Waals surface area contributed by atoms with Crippen molar-refractivity contribution in [2.75, 3.05) is 13.1 Å². The number of rotatable bonds is 8. The molecule has 40 heavy (non-hydrogen) atoms. The van der Waals surface area contributed by atoms with Crippen LogP contribution in [0, 0.1) is 17.2 Å². The second-order valence-corrected chi connectivity index (χ2v) is 10.4. The molecule has 0 saturated carbocycles. The molecule has 8 nitrogen and oxygen atoms in total. The number of alkyl halides is 3. The SMILES string of the molecule is CCc1c(CN2CC(C(=O)O)C2)cccc1-c1cnc(-c2ccc(OC(C)C)c(C#N)c2)s1.O=C(O)C(F)(F)F. The van der Waals surface area contributed by atoms with Gasteiger partial charge in [0.05, 0.1) is 22.5 Å². The van der Waals surface area contributed by atoms with Crippen LogP contribution in [-0.4, -0.2) is 57.4 Å². The van der Waals surface area contributed by atoms with Gasteiger partial charge in [-0.1, -0.05) is 25.1 Å². The first-order chi connectivity index (χ1) is 18.8. The molecule has 1 fully saturated rings. The molecule has 0 aliphatic carbocycles. The van der Waals surface area contributed by atoms with Crippen molar-refractivity contribution in [1.29, 1.82) is 5.26 Å². The van der Waals surface area contributed by atoms with Crippen molar-refractivity contribution in [3.63, 3.8) is 0 Å². The summed E-state index contributed by atoms with van der Waals surface area (Å²) in [5.74, 6) is -3.13. The lowest BCUT2D eigenvalue weighted by Gasteiger charge is -2.37. The maximum Gasteiger partial charge on any atom is 0.490 e. The summed E-state index contributed by atoms with van der Waals surface area (Å²) in [6.07, 6.45) is -2.30. The van der Waals surface area contributed by atoms with E-state index in [1.807, 2.05) is 38.2 Å². The minimum atomic E-state index is -5.08. The standard InChI is InChI=1S/C26H27N3O3S.C2HF3O2/c1-4-21-18(13-29-14-20(15-29)26(30)31)6-5-7-22(21)24-12-28-25(33-24)17-8-9-23(32-16(2)3)19(10-17)11-27;3-2(4,5)1(6)7/h5-10,12,16,20H,4,13-15H2,1-3H3,(H,30,31);(H,6,7). The molecule has 1 saturated heterocycles. The molecular formula is C28H28F3N3O5S. The molecule has 0 amide bonds. The lowest BCUT2D eigenvalue weighted by Crippen LogP contribution is -2.49. The van der Waals surface area contributed by atoms with Gasteiger partial charge in [0.2, 0.25) is 0 Å². The number of likely N-dealkylation sites (tertiary alicyclic amines) is 1. The number of aromatic nitrogens is 1. The normalized spacial score (nSPS) is 13.7. The van der Waals surface area contributed by atoms with Crippen LogP contribution in [0.25, 0.3) is 21.0 Å². The monoisotopic (exact) mass is 575 g/mol. The molecule has 12 heteroatoms. The van der Waals surface area contributed by atoms with E-state index in [0.717, 1.165) is 34.0 Å². The van der Waals surface area contributed by atoms with Crippen molar-refractivity contribution in [2.45, 2.75) is 46.0 Å². The molecule has 0 unspecified atom stereocenters. The van der Waals surface area contributed by atoms with Crippen molar-refractivity contribution < 1.29 is 37.7 Å². The molecule has 0 bridgehead atoms. The van der Waals surface area contributed by atoms with Crippen LogP contribution in [0.2, 0.25) is 0 Å². The highest BCUT2D eigenvalue weighted by atomic mass is 32.1. The molecule has 0 spiro atoms. The van der Waals surface area contributed by atoms with Crippen molar-refractivity contribution in [3.05, 3.63) is 59.3 Å². The number of carboxylic acids is 2. The van der Waals surface area contributed by atoms with Gasteiger partial charge in [-0.2, -0.15) is 18.4 Å². The molecule has 2 N–H and O–H groups in total. The van der Waals surface area contributed by atoms with E-state index >= 15 is 0 Å². The average Bonchev–Trinajstić information content (AvgIpc) is 3.35. The predicted molar refractivity (Wildman–Crippen MR) is 143 cm³/mol. The second-order valence-electron chi connectivity index (χ2n) is 9.35. The van der Waals surface area contributed by atoms with Crippen molar-refractivity contribution >= 4 is 23.3 Å². The number of halogens is 3. The van der Waals surface area contributed by atoms with Crippen LogP contribution < -0.4 is 4.74 Å². The number of hydrogen-bond acceptors (Lipinski definition) is 7. The van der Waals surface area contributed by atoms with Crippen LogP contribution >= 0.6 is 11.3 Å². The Kier molecular flexibility index (Phi) is 9.89. The fourth-order valence-electron chi connectivity index (χ4n) is 4.17. The van der Waals surface area contributed by atoms with Gasteiger partial charge in [-0.3, -0.25) is 9.69 Å². The van der Waals surface area contributed by atoms with Crippen molar-refractivity contribution in [2.24, 2.45) is 5.92 Å². The molecule has 1 aromatic heterocycles. The third-order valence-electron chi connectivity index (χ3n) is 6.05. The molecule has 2 heterocycles. The zero-order chi connectivity index (χ0) is 29.6. The van der Waals surface area contributed by atoms with Gasteiger partial charge < -0.3 is 14.9 Å². The summed E-state index contributed by atoms with van der Waals surface area (Å²) in [6, 6.07) is 14.2. The first-order valence-corrected chi connectivity index (χ1v) is 13.2. The fourth-order valence-corrected chi connectivity index (χ4v) is 5.13. The molecule has 0 radical (unpaired) electrons. The van der Waals surface area contributed by atoms with Gasteiger partial charge in [0, 0.05) is 31.4 Å². The Balaban J connectivity index is 0.000000559. The zero-order valence-electron chi connectivity index (χ0n) is 22.0. The number of carboxylic acid groups (broad SMARTS) is 2. The van der Waals surface area contributed by atoms with Crippen LogP contribution in [0.3, 0.4) is 0 Å². The average molecular weight is 576 g/mol. The number of benzene rings is 2. The van der Waals surface area contributed by atoms with E-state index in [2.05, 4.69) is 41.1 Å². The first kappa shape index (κ1) is 30.6. The van der Waals surface area contributed by atoms with Gasteiger partial charge in [-0.15, -0.1) is 11.3 Å². The maximum absolute atomic E-state index is 11.1. The van der Waals surface area contributed by atoms with E-state index in [0.29, 0.717) is 24.4 Å². The highest BCUT2D eigenvalue weighted by molar-refractivity contribution is 7.18. The van der Waals surface area contributed by atoms with Crippen LogP contribution in [0.4, 0.5) is 13.2 Å². The topological polar surface area (TPSA) is 124 Å². The predicted octanol–water partition coefficient (Wildman–Crippen LogP) is 5.85. The van der Waals surface area contributed by atoms with Crippen molar-refractivity contribution in [3.8, 4) is 32.8 Å². The van der Waals surface area contributed by atoms with E-state index in [1.165, 1.54) is 11.1 Å². The van der Waals surface area contributed by atoms with E-state index < -0.39 is 18.1 Å².